The maximum Gasteiger partial charge on any atom is 0.418 e. The average Bonchev–Trinajstić information content (AvgIpc) is 2.86. The number of imidazole rings is 1. The number of alkyl halides is 3. The number of para-hydroxylation sites is 1. The van der Waals surface area contributed by atoms with E-state index in [1.807, 2.05) is 20.8 Å². The van der Waals surface area contributed by atoms with Gasteiger partial charge in [0, 0.05) is 11.6 Å². The molecule has 0 N–H and O–H groups in total. The van der Waals surface area contributed by atoms with Crippen LogP contribution in [0.2, 0.25) is 0 Å². The van der Waals surface area contributed by atoms with E-state index in [0.717, 1.165) is 6.07 Å². The van der Waals surface area contributed by atoms with Crippen molar-refractivity contribution in [2.75, 3.05) is 0 Å². The fraction of sp³-hybridized carbons (Fsp3) is 0.294. The molecule has 3 aromatic rings. The summed E-state index contributed by atoms with van der Waals surface area (Å²) in [7, 11) is 0. The largest absolute Gasteiger partial charge is 0.418 e. The Hall–Kier alpha value is -2.37. The van der Waals surface area contributed by atoms with Crippen molar-refractivity contribution in [1.82, 2.24) is 14.5 Å². The Bertz CT molecular complexity index is 857. The Kier molecular flexibility index (Phi) is 3.43. The molecule has 0 atom stereocenters. The zero-order valence-corrected chi connectivity index (χ0v) is 13.0. The number of fused-ring (bicyclic) bond motifs is 1. The van der Waals surface area contributed by atoms with E-state index in [-0.39, 0.29) is 5.69 Å². The third kappa shape index (κ3) is 2.69. The van der Waals surface area contributed by atoms with Crippen LogP contribution < -0.4 is 0 Å². The first kappa shape index (κ1) is 15.5. The summed E-state index contributed by atoms with van der Waals surface area (Å²) in [5.74, 6) is 0.544. The van der Waals surface area contributed by atoms with E-state index in [1.54, 1.807) is 24.4 Å². The highest BCUT2D eigenvalue weighted by Gasteiger charge is 2.35. The summed E-state index contributed by atoms with van der Waals surface area (Å²) in [6, 6.07) is 8.98. The number of aromatic nitrogens is 3. The summed E-state index contributed by atoms with van der Waals surface area (Å²) in [5.41, 5.74) is -0.0792. The van der Waals surface area contributed by atoms with Crippen molar-refractivity contribution < 1.29 is 13.2 Å². The van der Waals surface area contributed by atoms with E-state index in [1.165, 1.54) is 16.7 Å². The first-order valence-corrected chi connectivity index (χ1v) is 7.20. The SMILES string of the molecule is CC(C)(C)c1nc2cccnc2n1-c1ccccc1C(F)(F)F. The van der Waals surface area contributed by atoms with Crippen LogP contribution in [-0.2, 0) is 11.6 Å². The van der Waals surface area contributed by atoms with E-state index in [4.69, 9.17) is 0 Å². The zero-order valence-electron chi connectivity index (χ0n) is 13.0. The fourth-order valence-corrected chi connectivity index (χ4v) is 2.55. The second-order valence-corrected chi connectivity index (χ2v) is 6.38. The van der Waals surface area contributed by atoms with Gasteiger partial charge >= 0.3 is 6.18 Å². The maximum absolute atomic E-state index is 13.4. The molecule has 0 amide bonds. The van der Waals surface area contributed by atoms with Crippen LogP contribution in [0.1, 0.15) is 32.2 Å². The number of nitrogens with zero attached hydrogens (tertiary/aromatic N) is 3. The van der Waals surface area contributed by atoms with E-state index < -0.39 is 17.2 Å². The predicted molar refractivity (Wildman–Crippen MR) is 82.6 cm³/mol. The van der Waals surface area contributed by atoms with Crippen molar-refractivity contribution >= 4 is 11.2 Å². The summed E-state index contributed by atoms with van der Waals surface area (Å²) < 4.78 is 41.8. The lowest BCUT2D eigenvalue weighted by Gasteiger charge is -2.22. The van der Waals surface area contributed by atoms with Gasteiger partial charge in [0.2, 0.25) is 0 Å². The highest BCUT2D eigenvalue weighted by molar-refractivity contribution is 5.74. The number of rotatable bonds is 1. The quantitative estimate of drug-likeness (QED) is 0.649. The van der Waals surface area contributed by atoms with Crippen LogP contribution in [0.5, 0.6) is 0 Å². The summed E-state index contributed by atoms with van der Waals surface area (Å²) >= 11 is 0. The molecule has 0 radical (unpaired) electrons. The molecular formula is C17H16F3N3. The zero-order chi connectivity index (χ0) is 16.8. The number of hydrogen-bond acceptors (Lipinski definition) is 2. The third-order valence-corrected chi connectivity index (χ3v) is 3.54. The van der Waals surface area contributed by atoms with Gasteiger partial charge in [-0.05, 0) is 24.3 Å². The summed E-state index contributed by atoms with van der Waals surface area (Å²) in [6.07, 6.45) is -2.89. The molecule has 120 valence electrons. The van der Waals surface area contributed by atoms with Crippen molar-refractivity contribution in [1.29, 1.82) is 0 Å². The molecule has 0 aliphatic carbocycles. The van der Waals surface area contributed by atoms with Gasteiger partial charge in [0.05, 0.1) is 11.3 Å². The van der Waals surface area contributed by atoms with Gasteiger partial charge in [-0.3, -0.25) is 4.57 Å². The third-order valence-electron chi connectivity index (χ3n) is 3.54. The van der Waals surface area contributed by atoms with Gasteiger partial charge in [-0.2, -0.15) is 13.2 Å². The Balaban J connectivity index is 2.41. The van der Waals surface area contributed by atoms with Crippen LogP contribution in [0.25, 0.3) is 16.9 Å². The molecule has 0 saturated heterocycles. The smallest absolute Gasteiger partial charge is 0.280 e. The van der Waals surface area contributed by atoms with Crippen molar-refractivity contribution in [2.24, 2.45) is 0 Å². The second-order valence-electron chi connectivity index (χ2n) is 6.38. The van der Waals surface area contributed by atoms with Crippen LogP contribution in [0.3, 0.4) is 0 Å². The Morgan fingerprint density at radius 1 is 0.957 bits per heavy atom. The molecule has 23 heavy (non-hydrogen) atoms. The van der Waals surface area contributed by atoms with E-state index >= 15 is 0 Å². The van der Waals surface area contributed by atoms with Crippen molar-refractivity contribution in [3.8, 4) is 5.69 Å². The monoisotopic (exact) mass is 319 g/mol. The lowest BCUT2D eigenvalue weighted by Crippen LogP contribution is -2.20. The van der Waals surface area contributed by atoms with Crippen molar-refractivity contribution in [3.63, 3.8) is 0 Å². The second kappa shape index (κ2) is 5.08. The topological polar surface area (TPSA) is 30.7 Å². The van der Waals surface area contributed by atoms with Crippen LogP contribution in [-0.4, -0.2) is 14.5 Å². The normalized spacial score (nSPS) is 12.8. The molecule has 3 rings (SSSR count). The average molecular weight is 319 g/mol. The minimum Gasteiger partial charge on any atom is -0.280 e. The molecular weight excluding hydrogens is 303 g/mol. The van der Waals surface area contributed by atoms with Gasteiger partial charge in [0.25, 0.3) is 0 Å². The molecule has 1 aromatic carbocycles. The highest BCUT2D eigenvalue weighted by Crippen LogP contribution is 2.37. The van der Waals surface area contributed by atoms with Crippen LogP contribution in [0, 0.1) is 0 Å². The number of halogens is 3. The summed E-state index contributed by atoms with van der Waals surface area (Å²) in [5, 5.41) is 0. The predicted octanol–water partition coefficient (Wildman–Crippen LogP) is 4.74. The van der Waals surface area contributed by atoms with Gasteiger partial charge in [-0.1, -0.05) is 32.9 Å². The molecule has 0 unspecified atom stereocenters. The lowest BCUT2D eigenvalue weighted by atomic mass is 9.95. The molecule has 0 fully saturated rings. The Morgan fingerprint density at radius 2 is 1.65 bits per heavy atom. The van der Waals surface area contributed by atoms with Gasteiger partial charge in [0.1, 0.15) is 11.3 Å². The minimum atomic E-state index is -4.45. The molecule has 0 bridgehead atoms. The molecule has 0 aliphatic rings. The number of benzene rings is 1. The van der Waals surface area contributed by atoms with E-state index in [0.29, 0.717) is 17.0 Å². The van der Waals surface area contributed by atoms with Crippen molar-refractivity contribution in [2.45, 2.75) is 32.4 Å². The molecule has 3 nitrogen and oxygen atoms in total. The lowest BCUT2D eigenvalue weighted by molar-refractivity contribution is -0.137. The highest BCUT2D eigenvalue weighted by atomic mass is 19.4. The summed E-state index contributed by atoms with van der Waals surface area (Å²) in [4.78, 5) is 8.76. The molecule has 2 heterocycles. The van der Waals surface area contributed by atoms with Crippen LogP contribution in [0.4, 0.5) is 13.2 Å². The van der Waals surface area contributed by atoms with Crippen molar-refractivity contribution in [3.05, 3.63) is 54.0 Å². The van der Waals surface area contributed by atoms with Gasteiger partial charge < -0.3 is 0 Å². The molecule has 0 aliphatic heterocycles. The van der Waals surface area contributed by atoms with Gasteiger partial charge in [-0.15, -0.1) is 0 Å². The first-order chi connectivity index (χ1) is 10.7. The fourth-order valence-electron chi connectivity index (χ4n) is 2.55. The number of pyridine rings is 1. The number of hydrogen-bond donors (Lipinski definition) is 0. The first-order valence-electron chi connectivity index (χ1n) is 7.20. The minimum absolute atomic E-state index is 0.0473. The van der Waals surface area contributed by atoms with E-state index in [9.17, 15) is 13.2 Å². The van der Waals surface area contributed by atoms with E-state index in [2.05, 4.69) is 9.97 Å². The van der Waals surface area contributed by atoms with Gasteiger partial charge in [0.15, 0.2) is 5.65 Å². The maximum atomic E-state index is 13.4. The Labute approximate surface area is 131 Å². The Morgan fingerprint density at radius 3 is 2.30 bits per heavy atom. The van der Waals surface area contributed by atoms with Gasteiger partial charge in [-0.25, -0.2) is 9.97 Å². The van der Waals surface area contributed by atoms with Crippen LogP contribution >= 0.6 is 0 Å². The molecule has 2 aromatic heterocycles. The van der Waals surface area contributed by atoms with Crippen LogP contribution in [0.15, 0.2) is 42.6 Å². The molecule has 6 heteroatoms. The standard InChI is InChI=1S/C17H16F3N3/c1-16(2,3)15-22-12-8-6-10-21-14(12)23(15)13-9-5-4-7-11(13)17(18,19)20/h4-10H,1-3H3. The summed E-state index contributed by atoms with van der Waals surface area (Å²) in [6.45, 7) is 5.75. The molecule has 0 spiro atoms. The molecule has 0 saturated carbocycles.